The van der Waals surface area contributed by atoms with E-state index in [1.165, 1.54) is 4.90 Å². The molecular weight excluding hydrogens is 357 g/mol. The van der Waals surface area contributed by atoms with Crippen LogP contribution in [0.1, 0.15) is 19.3 Å². The number of hydroxylamine groups is 3. The van der Waals surface area contributed by atoms with Gasteiger partial charge in [0.15, 0.2) is 0 Å². The molecule has 3 atom stereocenters. The molecule has 0 unspecified atom stereocenters. The zero-order chi connectivity index (χ0) is 16.6. The fraction of sp³-hybridized carbons (Fsp3) is 0.818. The van der Waals surface area contributed by atoms with Crippen LogP contribution in [0.5, 0.6) is 0 Å². The summed E-state index contributed by atoms with van der Waals surface area (Å²) in [5.74, 6) is -0.504. The van der Waals surface area contributed by atoms with Crippen LogP contribution >= 0.6 is 0 Å². The van der Waals surface area contributed by atoms with Gasteiger partial charge in [0.25, 0.3) is 5.91 Å². The third-order valence-corrected chi connectivity index (χ3v) is 4.35. The zero-order valence-corrected chi connectivity index (χ0v) is 15.9. The third kappa shape index (κ3) is 4.38. The molecule has 3 rings (SSSR count). The van der Waals surface area contributed by atoms with Crippen LogP contribution in [0.15, 0.2) is 0 Å². The Balaban J connectivity index is 0.00000208. The number of amides is 3. The van der Waals surface area contributed by atoms with Crippen molar-refractivity contribution in [3.05, 3.63) is 0 Å². The Morgan fingerprint density at radius 1 is 1.33 bits per heavy atom. The van der Waals surface area contributed by atoms with Crippen molar-refractivity contribution in [3.8, 4) is 0 Å². The molecule has 3 aliphatic heterocycles. The standard InChI is InChI=1S/C11H17N3O8S.Na/c15-10(12-21-8-3-4-20-6-8)9-2-1-7-5-13(9)11(16)14(7)22-23(17,18)19;/h7-9H,1-6H2,(H,12,15)(H,17,18,19);/q;+1/p-1/t7-,8-,9+;/m1./s1. The maximum absolute atomic E-state index is 12.2. The first-order chi connectivity index (χ1) is 10.8. The molecular formula is C11H16N3NaO8S. The summed E-state index contributed by atoms with van der Waals surface area (Å²) in [6, 6.07) is -2.19. The molecule has 2 bridgehead atoms. The maximum atomic E-state index is 12.2. The molecule has 0 aliphatic carbocycles. The number of carbonyl (C=O) groups is 2. The predicted octanol–water partition coefficient (Wildman–Crippen LogP) is -4.51. The summed E-state index contributed by atoms with van der Waals surface area (Å²) in [4.78, 5) is 30.7. The normalized spacial score (nSPS) is 29.5. The van der Waals surface area contributed by atoms with Crippen molar-refractivity contribution in [3.63, 3.8) is 0 Å². The van der Waals surface area contributed by atoms with E-state index in [1.807, 2.05) is 0 Å². The van der Waals surface area contributed by atoms with Crippen molar-refractivity contribution in [2.24, 2.45) is 0 Å². The van der Waals surface area contributed by atoms with E-state index in [-0.39, 0.29) is 42.2 Å². The molecule has 0 spiro atoms. The van der Waals surface area contributed by atoms with E-state index in [0.29, 0.717) is 37.5 Å². The molecule has 3 heterocycles. The van der Waals surface area contributed by atoms with Gasteiger partial charge >= 0.3 is 35.6 Å². The van der Waals surface area contributed by atoms with Gasteiger partial charge in [-0.05, 0) is 12.8 Å². The Morgan fingerprint density at radius 2 is 2.08 bits per heavy atom. The average Bonchev–Trinajstić information content (AvgIpc) is 3.08. The minimum atomic E-state index is -5.05. The van der Waals surface area contributed by atoms with Gasteiger partial charge in [-0.1, -0.05) is 0 Å². The van der Waals surface area contributed by atoms with Gasteiger partial charge in [-0.25, -0.2) is 18.7 Å². The fourth-order valence-corrected chi connectivity index (χ4v) is 3.30. The second-order valence-electron chi connectivity index (χ2n) is 5.56. The van der Waals surface area contributed by atoms with Crippen LogP contribution in [-0.2, 0) is 29.1 Å². The molecule has 130 valence electrons. The van der Waals surface area contributed by atoms with E-state index >= 15 is 0 Å². The molecule has 0 saturated carbocycles. The number of hydrogen-bond donors (Lipinski definition) is 1. The molecule has 0 aromatic carbocycles. The number of nitrogens with zero attached hydrogens (tertiary/aromatic N) is 2. The Bertz CT molecular complexity index is 596. The number of nitrogens with one attached hydrogen (secondary N) is 1. The van der Waals surface area contributed by atoms with E-state index < -0.39 is 34.4 Å². The van der Waals surface area contributed by atoms with Crippen LogP contribution in [0.3, 0.4) is 0 Å². The quantitative estimate of drug-likeness (QED) is 0.220. The molecule has 11 nitrogen and oxygen atoms in total. The van der Waals surface area contributed by atoms with E-state index in [1.54, 1.807) is 0 Å². The number of fused-ring (bicyclic) bond motifs is 2. The summed E-state index contributed by atoms with van der Waals surface area (Å²) in [6.45, 7) is 1.06. The summed E-state index contributed by atoms with van der Waals surface area (Å²) in [6.07, 6.45) is 1.09. The molecule has 0 radical (unpaired) electrons. The van der Waals surface area contributed by atoms with Crippen molar-refractivity contribution >= 4 is 22.3 Å². The first kappa shape index (κ1) is 19.8. The van der Waals surface area contributed by atoms with Gasteiger partial charge in [0.1, 0.15) is 12.1 Å². The number of rotatable bonds is 5. The van der Waals surface area contributed by atoms with E-state index in [4.69, 9.17) is 9.57 Å². The minimum Gasteiger partial charge on any atom is -0.724 e. The average molecular weight is 373 g/mol. The zero-order valence-electron chi connectivity index (χ0n) is 13.0. The molecule has 0 aromatic rings. The van der Waals surface area contributed by atoms with Crippen molar-refractivity contribution in [1.82, 2.24) is 15.4 Å². The maximum Gasteiger partial charge on any atom is 1.00 e. The number of urea groups is 1. The van der Waals surface area contributed by atoms with Crippen LogP contribution < -0.4 is 35.0 Å². The van der Waals surface area contributed by atoms with Crippen LogP contribution in [0.2, 0.25) is 0 Å². The van der Waals surface area contributed by atoms with Crippen molar-refractivity contribution in [2.45, 2.75) is 37.5 Å². The summed E-state index contributed by atoms with van der Waals surface area (Å²) >= 11 is 0. The Labute approximate surface area is 160 Å². The predicted molar refractivity (Wildman–Crippen MR) is 70.0 cm³/mol. The van der Waals surface area contributed by atoms with Gasteiger partial charge in [0.2, 0.25) is 10.4 Å². The van der Waals surface area contributed by atoms with E-state index in [2.05, 4.69) is 9.76 Å². The van der Waals surface area contributed by atoms with Crippen LogP contribution in [0, 0.1) is 0 Å². The topological polar surface area (TPSA) is 138 Å². The number of hydrogen-bond acceptors (Lipinski definition) is 8. The first-order valence-electron chi connectivity index (χ1n) is 7.13. The molecule has 3 aliphatic rings. The second-order valence-corrected chi connectivity index (χ2v) is 6.53. The van der Waals surface area contributed by atoms with Crippen molar-refractivity contribution in [1.29, 1.82) is 0 Å². The number of ether oxygens (including phenoxy) is 1. The van der Waals surface area contributed by atoms with Crippen molar-refractivity contribution < 1.29 is 66.0 Å². The smallest absolute Gasteiger partial charge is 0.724 e. The molecule has 3 fully saturated rings. The number of carbonyl (C=O) groups excluding carboxylic acids is 2. The molecule has 3 amide bonds. The van der Waals surface area contributed by atoms with E-state index in [9.17, 15) is 22.6 Å². The molecule has 13 heteroatoms. The first-order valence-corrected chi connectivity index (χ1v) is 8.47. The molecule has 24 heavy (non-hydrogen) atoms. The molecule has 0 aromatic heterocycles. The fourth-order valence-electron chi connectivity index (χ4n) is 2.92. The minimum absolute atomic E-state index is 0. The Kier molecular flexibility index (Phi) is 6.47. The largest absolute Gasteiger partial charge is 1.00 e. The number of piperidine rings is 1. The van der Waals surface area contributed by atoms with Gasteiger partial charge in [0, 0.05) is 19.6 Å². The Hall–Kier alpha value is -0.470. The van der Waals surface area contributed by atoms with Gasteiger partial charge in [0.05, 0.1) is 12.6 Å². The summed E-state index contributed by atoms with van der Waals surface area (Å²) in [7, 11) is -5.05. The van der Waals surface area contributed by atoms with Crippen LogP contribution in [0.25, 0.3) is 0 Å². The Morgan fingerprint density at radius 3 is 2.71 bits per heavy atom. The second kappa shape index (κ2) is 7.83. The van der Waals surface area contributed by atoms with Crippen molar-refractivity contribution in [2.75, 3.05) is 19.8 Å². The van der Waals surface area contributed by atoms with Crippen LogP contribution in [0.4, 0.5) is 4.79 Å². The monoisotopic (exact) mass is 373 g/mol. The summed E-state index contributed by atoms with van der Waals surface area (Å²) in [5.41, 5.74) is 2.31. The summed E-state index contributed by atoms with van der Waals surface area (Å²) < 4.78 is 41.3. The SMILES string of the molecule is O=C(NO[C@@H]1CCOC1)[C@@H]1CC[C@@H]2CN1C(=O)N2OS(=O)(=O)[O-].[Na+]. The molecule has 3 saturated heterocycles. The van der Waals surface area contributed by atoms with E-state index in [0.717, 1.165) is 0 Å². The van der Waals surface area contributed by atoms with Gasteiger partial charge in [-0.2, -0.15) is 9.35 Å². The van der Waals surface area contributed by atoms with Gasteiger partial charge < -0.3 is 14.2 Å². The van der Waals surface area contributed by atoms with Crippen LogP contribution in [-0.4, -0.2) is 72.8 Å². The third-order valence-electron chi connectivity index (χ3n) is 4.01. The summed E-state index contributed by atoms with van der Waals surface area (Å²) in [5, 5.41) is 0.529. The van der Waals surface area contributed by atoms with Gasteiger partial charge in [-0.3, -0.25) is 9.63 Å². The van der Waals surface area contributed by atoms with Gasteiger partial charge in [-0.15, -0.1) is 0 Å². The molecule has 1 N–H and O–H groups in total.